The minimum atomic E-state index is 0.430. The first-order chi connectivity index (χ1) is 8.61. The summed E-state index contributed by atoms with van der Waals surface area (Å²) in [7, 11) is 0. The van der Waals surface area contributed by atoms with Crippen LogP contribution in [0.15, 0.2) is 18.3 Å². The molecular weight excluding hydrogens is 244 g/mol. The summed E-state index contributed by atoms with van der Waals surface area (Å²) in [5.74, 6) is 0.975. The van der Waals surface area contributed by atoms with Crippen LogP contribution in [0, 0.1) is 0 Å². The fraction of sp³-hybridized carbons (Fsp3) is 0.538. The lowest BCUT2D eigenvalue weighted by atomic mass is 10.2. The predicted octanol–water partition coefficient (Wildman–Crippen LogP) is 1.25. The average Bonchev–Trinajstić information content (AvgIpc) is 2.38. The van der Waals surface area contributed by atoms with E-state index in [4.69, 9.17) is 18.0 Å². The number of rotatable bonds is 3. The zero-order chi connectivity index (χ0) is 13.1. The third-order valence-electron chi connectivity index (χ3n) is 3.53. The van der Waals surface area contributed by atoms with E-state index in [0.29, 0.717) is 11.0 Å². The van der Waals surface area contributed by atoms with Gasteiger partial charge in [0.2, 0.25) is 0 Å². The summed E-state index contributed by atoms with van der Waals surface area (Å²) in [6, 6.07) is 4.40. The van der Waals surface area contributed by atoms with Gasteiger partial charge in [0, 0.05) is 37.4 Å². The molecule has 1 fully saturated rings. The molecule has 1 aromatic heterocycles. The van der Waals surface area contributed by atoms with Crippen LogP contribution in [-0.2, 0) is 0 Å². The Morgan fingerprint density at radius 3 is 2.94 bits per heavy atom. The SMILES string of the molecule is CCN1CCN(c2cc(C(N)=S)ccn2)CC1C. The Bertz CT molecular complexity index is 435. The number of likely N-dealkylation sites (N-methyl/N-ethyl adjacent to an activating group) is 1. The van der Waals surface area contributed by atoms with Gasteiger partial charge in [-0.3, -0.25) is 4.90 Å². The second-order valence-corrected chi connectivity index (χ2v) is 5.13. The van der Waals surface area contributed by atoms with Gasteiger partial charge in [0.15, 0.2) is 0 Å². The molecule has 98 valence electrons. The van der Waals surface area contributed by atoms with Crippen molar-refractivity contribution >= 4 is 23.0 Å². The quantitative estimate of drug-likeness (QED) is 0.832. The first kappa shape index (κ1) is 13.2. The van der Waals surface area contributed by atoms with Crippen LogP contribution in [0.1, 0.15) is 19.4 Å². The molecule has 1 aromatic rings. The Morgan fingerprint density at radius 2 is 2.33 bits per heavy atom. The summed E-state index contributed by atoms with van der Waals surface area (Å²) in [4.78, 5) is 9.64. The number of thiocarbonyl (C=S) groups is 1. The normalized spacial score (nSPS) is 21.0. The van der Waals surface area contributed by atoms with Gasteiger partial charge in [0.25, 0.3) is 0 Å². The minimum Gasteiger partial charge on any atom is -0.389 e. The topological polar surface area (TPSA) is 45.4 Å². The lowest BCUT2D eigenvalue weighted by Gasteiger charge is -2.40. The first-order valence-corrected chi connectivity index (χ1v) is 6.77. The Morgan fingerprint density at radius 1 is 1.56 bits per heavy atom. The number of hydrogen-bond acceptors (Lipinski definition) is 4. The van der Waals surface area contributed by atoms with Crippen LogP contribution in [0.2, 0.25) is 0 Å². The van der Waals surface area contributed by atoms with Crippen LogP contribution < -0.4 is 10.6 Å². The minimum absolute atomic E-state index is 0.430. The zero-order valence-corrected chi connectivity index (χ0v) is 11.8. The van der Waals surface area contributed by atoms with E-state index in [2.05, 4.69) is 28.6 Å². The molecule has 0 aromatic carbocycles. The number of piperazine rings is 1. The van der Waals surface area contributed by atoms with Crippen LogP contribution in [0.25, 0.3) is 0 Å². The van der Waals surface area contributed by atoms with E-state index in [9.17, 15) is 0 Å². The fourth-order valence-corrected chi connectivity index (χ4v) is 2.54. The molecule has 5 heteroatoms. The van der Waals surface area contributed by atoms with Crippen molar-refractivity contribution in [3.05, 3.63) is 23.9 Å². The smallest absolute Gasteiger partial charge is 0.129 e. The van der Waals surface area contributed by atoms with Gasteiger partial charge < -0.3 is 10.6 Å². The fourth-order valence-electron chi connectivity index (χ4n) is 2.42. The molecule has 1 aliphatic heterocycles. The van der Waals surface area contributed by atoms with Gasteiger partial charge >= 0.3 is 0 Å². The summed E-state index contributed by atoms with van der Waals surface area (Å²) in [6.45, 7) is 8.66. The summed E-state index contributed by atoms with van der Waals surface area (Å²) >= 11 is 5.01. The van der Waals surface area contributed by atoms with Gasteiger partial charge in [-0.05, 0) is 25.6 Å². The highest BCUT2D eigenvalue weighted by molar-refractivity contribution is 7.80. The maximum Gasteiger partial charge on any atom is 0.129 e. The molecule has 0 spiro atoms. The van der Waals surface area contributed by atoms with Crippen molar-refractivity contribution in [2.24, 2.45) is 5.73 Å². The van der Waals surface area contributed by atoms with Crippen molar-refractivity contribution in [3.8, 4) is 0 Å². The van der Waals surface area contributed by atoms with Gasteiger partial charge in [-0.2, -0.15) is 0 Å². The van der Waals surface area contributed by atoms with E-state index >= 15 is 0 Å². The van der Waals surface area contributed by atoms with E-state index < -0.39 is 0 Å². The van der Waals surface area contributed by atoms with Gasteiger partial charge in [-0.15, -0.1) is 0 Å². The molecular formula is C13H20N4S. The van der Waals surface area contributed by atoms with E-state index in [1.807, 2.05) is 12.1 Å². The van der Waals surface area contributed by atoms with Crippen molar-refractivity contribution in [1.82, 2.24) is 9.88 Å². The molecule has 4 nitrogen and oxygen atoms in total. The monoisotopic (exact) mass is 264 g/mol. The number of nitrogens with zero attached hydrogens (tertiary/aromatic N) is 3. The van der Waals surface area contributed by atoms with E-state index in [-0.39, 0.29) is 0 Å². The summed E-state index contributed by atoms with van der Waals surface area (Å²) in [6.07, 6.45) is 1.78. The standard InChI is InChI=1S/C13H20N4S/c1-3-16-6-7-17(9-10(16)2)12-8-11(13(14)18)4-5-15-12/h4-5,8,10H,3,6-7,9H2,1-2H3,(H2,14,18). The number of hydrogen-bond donors (Lipinski definition) is 1. The highest BCUT2D eigenvalue weighted by atomic mass is 32.1. The maximum absolute atomic E-state index is 5.66. The second-order valence-electron chi connectivity index (χ2n) is 4.69. The molecule has 1 unspecified atom stereocenters. The van der Waals surface area contributed by atoms with Crippen LogP contribution in [0.3, 0.4) is 0 Å². The lowest BCUT2D eigenvalue weighted by molar-refractivity contribution is 0.199. The molecule has 0 saturated carbocycles. The Hall–Kier alpha value is -1.20. The largest absolute Gasteiger partial charge is 0.389 e. The maximum atomic E-state index is 5.66. The van der Waals surface area contributed by atoms with Crippen LogP contribution in [0.4, 0.5) is 5.82 Å². The van der Waals surface area contributed by atoms with Crippen molar-refractivity contribution in [2.45, 2.75) is 19.9 Å². The summed E-state index contributed by atoms with van der Waals surface area (Å²) in [5, 5.41) is 0. The molecule has 1 saturated heterocycles. The first-order valence-electron chi connectivity index (χ1n) is 6.36. The zero-order valence-electron chi connectivity index (χ0n) is 11.0. The van der Waals surface area contributed by atoms with Crippen molar-refractivity contribution in [1.29, 1.82) is 0 Å². The van der Waals surface area contributed by atoms with Crippen molar-refractivity contribution in [2.75, 3.05) is 31.1 Å². The van der Waals surface area contributed by atoms with E-state index in [0.717, 1.165) is 37.6 Å². The Labute approximate surface area is 114 Å². The molecule has 1 atom stereocenters. The molecule has 2 heterocycles. The Balaban J connectivity index is 2.13. The van der Waals surface area contributed by atoms with Gasteiger partial charge in [-0.25, -0.2) is 4.98 Å². The summed E-state index contributed by atoms with van der Waals surface area (Å²) in [5.41, 5.74) is 6.55. The average molecular weight is 264 g/mol. The van der Waals surface area contributed by atoms with Crippen molar-refractivity contribution in [3.63, 3.8) is 0 Å². The van der Waals surface area contributed by atoms with Crippen LogP contribution >= 0.6 is 12.2 Å². The molecule has 1 aliphatic rings. The molecule has 2 N–H and O–H groups in total. The predicted molar refractivity (Wildman–Crippen MR) is 79.0 cm³/mol. The summed E-state index contributed by atoms with van der Waals surface area (Å²) < 4.78 is 0. The van der Waals surface area contributed by atoms with E-state index in [1.165, 1.54) is 0 Å². The number of nitrogens with two attached hydrogens (primary N) is 1. The molecule has 18 heavy (non-hydrogen) atoms. The molecule has 0 radical (unpaired) electrons. The van der Waals surface area contributed by atoms with E-state index in [1.54, 1.807) is 6.20 Å². The van der Waals surface area contributed by atoms with Crippen LogP contribution in [-0.4, -0.2) is 47.1 Å². The molecule has 0 amide bonds. The van der Waals surface area contributed by atoms with Gasteiger partial charge in [-0.1, -0.05) is 19.1 Å². The van der Waals surface area contributed by atoms with Gasteiger partial charge in [0.1, 0.15) is 10.8 Å². The second kappa shape index (κ2) is 5.63. The third-order valence-corrected chi connectivity index (χ3v) is 3.76. The van der Waals surface area contributed by atoms with Gasteiger partial charge in [0.05, 0.1) is 0 Å². The number of anilines is 1. The van der Waals surface area contributed by atoms with Crippen molar-refractivity contribution < 1.29 is 0 Å². The molecule has 0 bridgehead atoms. The molecule has 0 aliphatic carbocycles. The molecule has 2 rings (SSSR count). The number of aromatic nitrogens is 1. The number of pyridine rings is 1. The van der Waals surface area contributed by atoms with Crippen LogP contribution in [0.5, 0.6) is 0 Å². The third kappa shape index (κ3) is 2.79. The lowest BCUT2D eigenvalue weighted by Crippen LogP contribution is -2.52. The Kier molecular flexibility index (Phi) is 4.14. The highest BCUT2D eigenvalue weighted by Crippen LogP contribution is 2.17. The highest BCUT2D eigenvalue weighted by Gasteiger charge is 2.23.